The summed E-state index contributed by atoms with van der Waals surface area (Å²) in [7, 11) is 2.09. The summed E-state index contributed by atoms with van der Waals surface area (Å²) in [6.45, 7) is 0.932. The number of rotatable bonds is 0. The number of likely N-dealkylation sites (tertiary alicyclic amines) is 1. The molecule has 4 heteroatoms. The first-order valence-corrected chi connectivity index (χ1v) is 7.96. The maximum absolute atomic E-state index is 11.6. The van der Waals surface area contributed by atoms with Gasteiger partial charge in [-0.3, -0.25) is 0 Å². The molecule has 1 aliphatic heterocycles. The van der Waals surface area contributed by atoms with Gasteiger partial charge in [0.2, 0.25) is 0 Å². The lowest BCUT2D eigenvalue weighted by Crippen LogP contribution is -2.71. The number of aliphatic hydroxyl groups is 1. The van der Waals surface area contributed by atoms with Crippen molar-refractivity contribution in [2.24, 2.45) is 0 Å². The lowest BCUT2D eigenvalue weighted by Gasteiger charge is -2.63. The molecule has 2 aliphatic carbocycles. The van der Waals surface area contributed by atoms with Crippen LogP contribution in [0.3, 0.4) is 0 Å². The summed E-state index contributed by atoms with van der Waals surface area (Å²) >= 11 is 0. The molecule has 3 aliphatic rings. The lowest BCUT2D eigenvalue weighted by molar-refractivity contribution is -0.161. The first-order chi connectivity index (χ1) is 9.99. The molecule has 2 bridgehead atoms. The van der Waals surface area contributed by atoms with Crippen molar-refractivity contribution < 1.29 is 15.3 Å². The van der Waals surface area contributed by atoms with Gasteiger partial charge in [-0.15, -0.1) is 0 Å². The number of piperidine rings is 1. The topological polar surface area (TPSA) is 63.9 Å². The molecule has 0 radical (unpaired) electrons. The minimum atomic E-state index is -0.781. The number of phenolic OH excluding ortho intramolecular Hbond substituents is 2. The first-order valence-electron chi connectivity index (χ1n) is 7.96. The largest absolute Gasteiger partial charge is 0.504 e. The van der Waals surface area contributed by atoms with Crippen molar-refractivity contribution in [3.63, 3.8) is 0 Å². The fourth-order valence-electron chi connectivity index (χ4n) is 5.32. The minimum absolute atomic E-state index is 0.00386. The molecule has 1 saturated carbocycles. The number of likely N-dealkylation sites (N-methyl/N-ethyl adjacent to an activating group) is 1. The predicted octanol–water partition coefficient (Wildman–Crippen LogP) is 1.90. The zero-order valence-electron chi connectivity index (χ0n) is 12.5. The van der Waals surface area contributed by atoms with Crippen LogP contribution in [-0.4, -0.2) is 45.5 Å². The highest BCUT2D eigenvalue weighted by molar-refractivity contribution is 5.57. The Morgan fingerprint density at radius 1 is 1.14 bits per heavy atom. The van der Waals surface area contributed by atoms with E-state index in [1.807, 2.05) is 6.07 Å². The van der Waals surface area contributed by atoms with Crippen molar-refractivity contribution in [1.82, 2.24) is 4.90 Å². The van der Waals surface area contributed by atoms with Crippen molar-refractivity contribution >= 4 is 0 Å². The van der Waals surface area contributed by atoms with Crippen molar-refractivity contribution in [3.8, 4) is 11.5 Å². The van der Waals surface area contributed by atoms with Crippen molar-refractivity contribution in [3.05, 3.63) is 23.3 Å². The third-order valence-corrected chi connectivity index (χ3v) is 6.35. The zero-order valence-corrected chi connectivity index (χ0v) is 12.5. The average molecular weight is 289 g/mol. The van der Waals surface area contributed by atoms with Crippen LogP contribution in [-0.2, 0) is 11.8 Å². The van der Waals surface area contributed by atoms with Crippen LogP contribution in [0.2, 0.25) is 0 Å². The second-order valence-corrected chi connectivity index (χ2v) is 7.13. The molecule has 0 spiro atoms. The van der Waals surface area contributed by atoms with E-state index < -0.39 is 11.0 Å². The number of benzene rings is 1. The van der Waals surface area contributed by atoms with E-state index in [-0.39, 0.29) is 17.5 Å². The zero-order chi connectivity index (χ0) is 14.8. The second-order valence-electron chi connectivity index (χ2n) is 7.13. The fourth-order valence-corrected chi connectivity index (χ4v) is 5.32. The summed E-state index contributed by atoms with van der Waals surface area (Å²) in [5, 5.41) is 32.0. The van der Waals surface area contributed by atoms with Gasteiger partial charge in [-0.1, -0.05) is 18.9 Å². The average Bonchev–Trinajstić information content (AvgIpc) is 2.46. The monoisotopic (exact) mass is 289 g/mol. The molecule has 1 aromatic rings. The Bertz CT molecular complexity index is 602. The van der Waals surface area contributed by atoms with Gasteiger partial charge in [0.1, 0.15) is 0 Å². The second kappa shape index (κ2) is 4.14. The van der Waals surface area contributed by atoms with E-state index in [1.165, 1.54) is 0 Å². The fraction of sp³-hybridized carbons (Fsp3) is 0.647. The molecule has 4 rings (SSSR count). The molecule has 1 aromatic carbocycles. The van der Waals surface area contributed by atoms with Gasteiger partial charge in [0.25, 0.3) is 0 Å². The lowest BCUT2D eigenvalue weighted by atomic mass is 9.49. The van der Waals surface area contributed by atoms with Gasteiger partial charge in [0, 0.05) is 17.0 Å². The summed E-state index contributed by atoms with van der Waals surface area (Å²) < 4.78 is 0. The van der Waals surface area contributed by atoms with Gasteiger partial charge in [-0.2, -0.15) is 0 Å². The van der Waals surface area contributed by atoms with E-state index in [9.17, 15) is 15.3 Å². The normalized spacial score (nSPS) is 38.7. The quantitative estimate of drug-likeness (QED) is 0.638. The van der Waals surface area contributed by atoms with Gasteiger partial charge >= 0.3 is 0 Å². The van der Waals surface area contributed by atoms with Crippen LogP contribution in [0.1, 0.15) is 43.2 Å². The summed E-state index contributed by atoms with van der Waals surface area (Å²) in [5.41, 5.74) is 0.748. The molecule has 21 heavy (non-hydrogen) atoms. The summed E-state index contributed by atoms with van der Waals surface area (Å²) in [6.07, 6.45) is 5.40. The molecule has 3 N–H and O–H groups in total. The Hall–Kier alpha value is -1.26. The van der Waals surface area contributed by atoms with E-state index in [0.717, 1.165) is 56.2 Å². The summed E-state index contributed by atoms with van der Waals surface area (Å²) in [4.78, 5) is 2.27. The third kappa shape index (κ3) is 1.47. The van der Waals surface area contributed by atoms with E-state index >= 15 is 0 Å². The molecule has 2 unspecified atom stereocenters. The van der Waals surface area contributed by atoms with Crippen LogP contribution >= 0.6 is 0 Å². The number of hydrogen-bond donors (Lipinski definition) is 3. The highest BCUT2D eigenvalue weighted by atomic mass is 16.3. The molecule has 4 nitrogen and oxygen atoms in total. The number of nitrogens with zero attached hydrogens (tertiary/aromatic N) is 1. The molecule has 3 atom stereocenters. The molecular formula is C17H23NO3. The maximum atomic E-state index is 11.6. The van der Waals surface area contributed by atoms with Gasteiger partial charge in [0.15, 0.2) is 11.5 Å². The van der Waals surface area contributed by atoms with Crippen LogP contribution in [0.4, 0.5) is 0 Å². The molecule has 1 heterocycles. The van der Waals surface area contributed by atoms with Crippen LogP contribution in [0.25, 0.3) is 0 Å². The van der Waals surface area contributed by atoms with Gasteiger partial charge in [0.05, 0.1) is 5.60 Å². The van der Waals surface area contributed by atoms with Crippen LogP contribution in [0.15, 0.2) is 12.1 Å². The van der Waals surface area contributed by atoms with E-state index in [1.54, 1.807) is 6.07 Å². The molecule has 2 fully saturated rings. The predicted molar refractivity (Wildman–Crippen MR) is 79.6 cm³/mol. The van der Waals surface area contributed by atoms with Crippen LogP contribution in [0, 0.1) is 0 Å². The van der Waals surface area contributed by atoms with E-state index in [2.05, 4.69) is 11.9 Å². The van der Waals surface area contributed by atoms with Gasteiger partial charge in [-0.05, 0) is 50.9 Å². The Balaban J connectivity index is 2.01. The Morgan fingerprint density at radius 3 is 2.71 bits per heavy atom. The standard InChI is InChI=1S/C17H23NO3/c1-18-9-8-16-6-2-3-7-17(16,21)13(18)10-11-4-5-12(19)15(20)14(11)16/h4-5,13,19-21H,2-3,6-10H2,1H3/t13?,16-,17?/m0/s1. The van der Waals surface area contributed by atoms with Gasteiger partial charge < -0.3 is 20.2 Å². The minimum Gasteiger partial charge on any atom is -0.504 e. The number of fused-ring (bicyclic) bond motifs is 1. The number of phenols is 2. The van der Waals surface area contributed by atoms with E-state index in [4.69, 9.17) is 0 Å². The smallest absolute Gasteiger partial charge is 0.161 e. The molecule has 0 amide bonds. The van der Waals surface area contributed by atoms with E-state index in [0.29, 0.717) is 0 Å². The van der Waals surface area contributed by atoms with Gasteiger partial charge in [-0.25, -0.2) is 0 Å². The maximum Gasteiger partial charge on any atom is 0.161 e. The Morgan fingerprint density at radius 2 is 1.90 bits per heavy atom. The SMILES string of the molecule is CN1CC[C@]23CCCCC2(O)C1Cc1ccc(O)c(O)c13. The highest BCUT2D eigenvalue weighted by Crippen LogP contribution is 2.60. The summed E-state index contributed by atoms with van der Waals surface area (Å²) in [6, 6.07) is 3.61. The Labute approximate surface area is 125 Å². The van der Waals surface area contributed by atoms with Crippen molar-refractivity contribution in [2.75, 3.05) is 13.6 Å². The van der Waals surface area contributed by atoms with Crippen LogP contribution < -0.4 is 0 Å². The molecule has 0 aromatic heterocycles. The van der Waals surface area contributed by atoms with Crippen molar-refractivity contribution in [1.29, 1.82) is 0 Å². The molecule has 114 valence electrons. The molecule has 1 saturated heterocycles. The third-order valence-electron chi connectivity index (χ3n) is 6.35. The number of aromatic hydroxyl groups is 2. The van der Waals surface area contributed by atoms with Crippen LogP contribution in [0.5, 0.6) is 11.5 Å². The Kier molecular flexibility index (Phi) is 2.64. The van der Waals surface area contributed by atoms with Crippen molar-refractivity contribution in [2.45, 2.75) is 55.6 Å². The highest BCUT2D eigenvalue weighted by Gasteiger charge is 2.63. The molecular weight excluding hydrogens is 266 g/mol. The first kappa shape index (κ1) is 13.4. The summed E-state index contributed by atoms with van der Waals surface area (Å²) in [5.74, 6) is -0.0655. The number of hydrogen-bond acceptors (Lipinski definition) is 4.